The maximum Gasteiger partial charge on any atom is 0.219 e. The molecular weight excluding hydrogens is 343 g/mol. The van der Waals surface area contributed by atoms with Gasteiger partial charge in [-0.25, -0.2) is 4.39 Å². The van der Waals surface area contributed by atoms with Gasteiger partial charge in [0.1, 0.15) is 6.17 Å². The van der Waals surface area contributed by atoms with E-state index in [-0.39, 0.29) is 12.5 Å². The molecule has 7 nitrogen and oxygen atoms in total. The van der Waals surface area contributed by atoms with Gasteiger partial charge in [0.05, 0.1) is 58.9 Å². The van der Waals surface area contributed by atoms with Crippen molar-refractivity contribution < 1.29 is 28.1 Å². The van der Waals surface area contributed by atoms with E-state index in [1.807, 2.05) is 0 Å². The summed E-state index contributed by atoms with van der Waals surface area (Å²) in [7, 11) is 0. The third-order valence-electron chi connectivity index (χ3n) is 3.48. The third kappa shape index (κ3) is 16.7. The fourth-order valence-corrected chi connectivity index (χ4v) is 1.86. The van der Waals surface area contributed by atoms with E-state index in [0.717, 1.165) is 6.54 Å². The zero-order chi connectivity index (χ0) is 19.6. The molecule has 0 saturated carbocycles. The Hall–Kier alpha value is -0.800. The van der Waals surface area contributed by atoms with Gasteiger partial charge >= 0.3 is 0 Å². The monoisotopic (exact) mass is 380 g/mol. The second-order valence-electron chi connectivity index (χ2n) is 6.20. The molecule has 0 aromatic carbocycles. The van der Waals surface area contributed by atoms with Crippen molar-refractivity contribution in [2.24, 2.45) is 0 Å². The number of carbonyl (C=O) groups excluding carboxylic acids is 1. The van der Waals surface area contributed by atoms with Crippen LogP contribution < -0.4 is 10.6 Å². The molecule has 0 aromatic heterocycles. The molecule has 0 aromatic rings. The van der Waals surface area contributed by atoms with Gasteiger partial charge in [-0.1, -0.05) is 20.8 Å². The Morgan fingerprint density at radius 2 is 1.46 bits per heavy atom. The minimum absolute atomic E-state index is 0.0296. The smallest absolute Gasteiger partial charge is 0.219 e. The summed E-state index contributed by atoms with van der Waals surface area (Å²) in [5.41, 5.74) is 0. The van der Waals surface area contributed by atoms with E-state index in [1.54, 1.807) is 13.8 Å². The van der Waals surface area contributed by atoms with Crippen LogP contribution in [0.2, 0.25) is 0 Å². The van der Waals surface area contributed by atoms with Crippen molar-refractivity contribution in [2.75, 3.05) is 59.3 Å². The number of nitrogens with one attached hydrogen (secondary N) is 2. The van der Waals surface area contributed by atoms with Gasteiger partial charge < -0.3 is 29.6 Å². The summed E-state index contributed by atoms with van der Waals surface area (Å²) in [5, 5.41) is 5.77. The zero-order valence-electron chi connectivity index (χ0n) is 16.7. The van der Waals surface area contributed by atoms with Crippen molar-refractivity contribution in [3.63, 3.8) is 0 Å². The van der Waals surface area contributed by atoms with Crippen LogP contribution >= 0.6 is 0 Å². The second-order valence-corrected chi connectivity index (χ2v) is 6.20. The minimum atomic E-state index is -1.23. The number of alkyl halides is 1. The van der Waals surface area contributed by atoms with Gasteiger partial charge in [-0.3, -0.25) is 4.79 Å². The van der Waals surface area contributed by atoms with Crippen molar-refractivity contribution in [3.05, 3.63) is 0 Å². The van der Waals surface area contributed by atoms with Crippen LogP contribution in [0.5, 0.6) is 0 Å². The first kappa shape index (κ1) is 25.2. The molecule has 0 aliphatic rings. The number of halogens is 1. The van der Waals surface area contributed by atoms with Crippen LogP contribution in [0.3, 0.4) is 0 Å². The maximum atomic E-state index is 13.7. The molecule has 0 aliphatic heterocycles. The molecular formula is C18H37FN2O5. The van der Waals surface area contributed by atoms with Crippen molar-refractivity contribution in [1.29, 1.82) is 0 Å². The molecule has 1 amide bonds. The van der Waals surface area contributed by atoms with E-state index in [1.165, 1.54) is 0 Å². The maximum absolute atomic E-state index is 13.7. The van der Waals surface area contributed by atoms with Gasteiger partial charge in [0.2, 0.25) is 5.91 Å². The van der Waals surface area contributed by atoms with E-state index in [2.05, 4.69) is 24.5 Å². The van der Waals surface area contributed by atoms with Crippen LogP contribution in [0.25, 0.3) is 0 Å². The predicted octanol–water partition coefficient (Wildman–Crippen LogP) is 1.30. The molecule has 0 bridgehead atoms. The molecule has 2 atom stereocenters. The Kier molecular flexibility index (Phi) is 17.1. The summed E-state index contributed by atoms with van der Waals surface area (Å²) in [6, 6.07) is 0.469. The van der Waals surface area contributed by atoms with Gasteiger partial charge in [0.15, 0.2) is 0 Å². The minimum Gasteiger partial charge on any atom is -0.378 e. The topological polar surface area (TPSA) is 78.1 Å². The van der Waals surface area contributed by atoms with E-state index in [9.17, 15) is 9.18 Å². The SMILES string of the molecule is CCC(=O)NCC(F)C(C)OCCOCCOCCOCCNC(C)C. The van der Waals surface area contributed by atoms with Crippen LogP contribution in [-0.4, -0.2) is 83.6 Å². The molecule has 0 spiro atoms. The Morgan fingerprint density at radius 3 is 2.00 bits per heavy atom. The summed E-state index contributed by atoms with van der Waals surface area (Å²) in [4.78, 5) is 11.1. The largest absolute Gasteiger partial charge is 0.378 e. The van der Waals surface area contributed by atoms with Crippen LogP contribution in [0, 0.1) is 0 Å². The molecule has 0 rings (SSSR count). The zero-order valence-corrected chi connectivity index (χ0v) is 16.7. The Bertz CT molecular complexity index is 335. The predicted molar refractivity (Wildman–Crippen MR) is 99.2 cm³/mol. The molecule has 0 aliphatic carbocycles. The van der Waals surface area contributed by atoms with Crippen molar-refractivity contribution in [1.82, 2.24) is 10.6 Å². The highest BCUT2D eigenvalue weighted by Gasteiger charge is 2.17. The van der Waals surface area contributed by atoms with Gasteiger partial charge in [-0.2, -0.15) is 0 Å². The Labute approximate surface area is 157 Å². The molecule has 0 fully saturated rings. The van der Waals surface area contributed by atoms with Crippen LogP contribution in [0.15, 0.2) is 0 Å². The lowest BCUT2D eigenvalue weighted by molar-refractivity contribution is -0.121. The number of hydrogen-bond donors (Lipinski definition) is 2. The highest BCUT2D eigenvalue weighted by atomic mass is 19.1. The summed E-state index contributed by atoms with van der Waals surface area (Å²) < 4.78 is 35.2. The fourth-order valence-electron chi connectivity index (χ4n) is 1.86. The third-order valence-corrected chi connectivity index (χ3v) is 3.48. The summed E-state index contributed by atoms with van der Waals surface area (Å²) in [6.07, 6.45) is -1.47. The fraction of sp³-hybridized carbons (Fsp3) is 0.944. The highest BCUT2D eigenvalue weighted by molar-refractivity contribution is 5.75. The Balaban J connectivity index is 3.31. The first-order valence-corrected chi connectivity index (χ1v) is 9.46. The van der Waals surface area contributed by atoms with Crippen molar-refractivity contribution in [2.45, 2.75) is 52.4 Å². The standard InChI is InChI=1S/C18H37FN2O5/c1-5-18(22)21-14-17(19)16(4)26-13-12-25-11-10-24-9-8-23-7-6-20-15(2)3/h15-17,20H,5-14H2,1-4H3,(H,21,22). The molecule has 0 heterocycles. The van der Waals surface area contributed by atoms with Crippen LogP contribution in [-0.2, 0) is 23.7 Å². The van der Waals surface area contributed by atoms with E-state index in [4.69, 9.17) is 18.9 Å². The molecule has 2 unspecified atom stereocenters. The molecule has 0 saturated heterocycles. The second kappa shape index (κ2) is 17.6. The summed E-state index contributed by atoms with van der Waals surface area (Å²) in [5.74, 6) is -0.166. The lowest BCUT2D eigenvalue weighted by atomic mass is 10.2. The first-order chi connectivity index (χ1) is 12.5. The Morgan fingerprint density at radius 1 is 0.923 bits per heavy atom. The number of rotatable bonds is 18. The molecule has 26 heavy (non-hydrogen) atoms. The van der Waals surface area contributed by atoms with Crippen LogP contribution in [0.1, 0.15) is 34.1 Å². The van der Waals surface area contributed by atoms with Gasteiger partial charge in [0.25, 0.3) is 0 Å². The van der Waals surface area contributed by atoms with Gasteiger partial charge in [-0.15, -0.1) is 0 Å². The quantitative estimate of drug-likeness (QED) is 0.349. The lowest BCUT2D eigenvalue weighted by Crippen LogP contribution is -2.36. The number of ether oxygens (including phenoxy) is 4. The summed E-state index contributed by atoms with van der Waals surface area (Å²) in [6.45, 7) is 11.7. The number of carbonyl (C=O) groups is 1. The number of amides is 1. The molecule has 2 N–H and O–H groups in total. The molecule has 156 valence electrons. The molecule has 0 radical (unpaired) electrons. The summed E-state index contributed by atoms with van der Waals surface area (Å²) >= 11 is 0. The number of hydrogen-bond acceptors (Lipinski definition) is 6. The van der Waals surface area contributed by atoms with E-state index in [0.29, 0.717) is 58.7 Å². The van der Waals surface area contributed by atoms with Crippen molar-refractivity contribution >= 4 is 5.91 Å². The lowest BCUT2D eigenvalue weighted by Gasteiger charge is -2.18. The van der Waals surface area contributed by atoms with Gasteiger partial charge in [0, 0.05) is 19.0 Å². The van der Waals surface area contributed by atoms with Crippen molar-refractivity contribution in [3.8, 4) is 0 Å². The van der Waals surface area contributed by atoms with Crippen LogP contribution in [0.4, 0.5) is 4.39 Å². The average Bonchev–Trinajstić information content (AvgIpc) is 2.62. The average molecular weight is 381 g/mol. The normalized spacial score (nSPS) is 13.8. The highest BCUT2D eigenvalue weighted by Crippen LogP contribution is 2.02. The first-order valence-electron chi connectivity index (χ1n) is 9.46. The molecule has 8 heteroatoms. The van der Waals surface area contributed by atoms with E-state index >= 15 is 0 Å². The van der Waals surface area contributed by atoms with E-state index < -0.39 is 12.3 Å². The van der Waals surface area contributed by atoms with Gasteiger partial charge in [-0.05, 0) is 6.92 Å².